The number of aromatic amines is 1. The zero-order valence-corrected chi connectivity index (χ0v) is 21.7. The molecule has 0 bridgehead atoms. The molecule has 0 radical (unpaired) electrons. The van der Waals surface area contributed by atoms with Crippen molar-refractivity contribution in [3.05, 3.63) is 59.3 Å². The first-order chi connectivity index (χ1) is 19.0. The van der Waals surface area contributed by atoms with Crippen LogP contribution in [0.5, 0.6) is 0 Å². The van der Waals surface area contributed by atoms with Crippen molar-refractivity contribution in [2.75, 3.05) is 13.1 Å². The number of aromatic nitrogens is 3. The molecule has 0 saturated carbocycles. The highest BCUT2D eigenvalue weighted by atomic mass is 35.5. The van der Waals surface area contributed by atoms with Gasteiger partial charge in [0.15, 0.2) is 5.15 Å². The maximum absolute atomic E-state index is 13.3. The van der Waals surface area contributed by atoms with Crippen LogP contribution in [0.4, 0.5) is 17.6 Å². The molecule has 4 N–H and O–H groups in total. The first-order valence-corrected chi connectivity index (χ1v) is 12.6. The summed E-state index contributed by atoms with van der Waals surface area (Å²) in [4.78, 5) is 45.0. The van der Waals surface area contributed by atoms with Gasteiger partial charge in [-0.25, -0.2) is 19.2 Å². The number of benzene rings is 1. The number of hydrogen-bond acceptors (Lipinski definition) is 7. The van der Waals surface area contributed by atoms with Crippen LogP contribution in [0.2, 0.25) is 5.15 Å². The third-order valence-electron chi connectivity index (χ3n) is 5.93. The van der Waals surface area contributed by atoms with Gasteiger partial charge in [0.25, 0.3) is 5.89 Å². The van der Waals surface area contributed by atoms with Crippen molar-refractivity contribution in [3.8, 4) is 11.4 Å². The number of carboxylic acid groups (broad SMARTS) is 1. The van der Waals surface area contributed by atoms with E-state index in [1.54, 1.807) is 12.1 Å². The van der Waals surface area contributed by atoms with Crippen LogP contribution >= 0.6 is 11.6 Å². The first-order valence-electron chi connectivity index (χ1n) is 12.2. The van der Waals surface area contributed by atoms with Crippen LogP contribution in [0.3, 0.4) is 0 Å². The molecule has 10 nitrogen and oxygen atoms in total. The lowest BCUT2D eigenvalue weighted by molar-refractivity contribution is -0.192. The van der Waals surface area contributed by atoms with E-state index in [4.69, 9.17) is 25.9 Å². The molecule has 15 heteroatoms. The molecule has 0 aliphatic carbocycles. The van der Waals surface area contributed by atoms with Gasteiger partial charge in [0.1, 0.15) is 17.9 Å². The molecule has 1 amide bonds. The first kappa shape index (κ1) is 30.8. The highest BCUT2D eigenvalue weighted by Crippen LogP contribution is 2.29. The van der Waals surface area contributed by atoms with Crippen LogP contribution in [-0.2, 0) is 9.59 Å². The van der Waals surface area contributed by atoms with E-state index in [1.165, 1.54) is 24.6 Å². The minimum atomic E-state index is -5.08. The number of alkyl halides is 3. The molecule has 1 fully saturated rings. The lowest BCUT2D eigenvalue weighted by atomic mass is 9.99. The third kappa shape index (κ3) is 8.88. The largest absolute Gasteiger partial charge is 0.490 e. The molecular formula is C25H26ClF4N5O5. The predicted molar refractivity (Wildman–Crippen MR) is 134 cm³/mol. The number of carboxylic acids is 1. The summed E-state index contributed by atoms with van der Waals surface area (Å²) < 4.78 is 50.0. The SMILES string of the molecule is O=C(CCCCC[C@H](NC(=O)C1CNC1)c1[nH]c(-c2ccc(F)cc2)nc1Cl)c1ncco1.O=C(O)C(F)(F)F. The topological polar surface area (TPSA) is 150 Å². The Morgan fingerprint density at radius 2 is 1.82 bits per heavy atom. The second-order valence-corrected chi connectivity index (χ2v) is 9.23. The average molecular weight is 588 g/mol. The quantitative estimate of drug-likeness (QED) is 0.143. The monoisotopic (exact) mass is 587 g/mol. The Morgan fingerprint density at radius 3 is 2.38 bits per heavy atom. The van der Waals surface area contributed by atoms with Crippen molar-refractivity contribution in [1.82, 2.24) is 25.6 Å². The van der Waals surface area contributed by atoms with E-state index >= 15 is 0 Å². The van der Waals surface area contributed by atoms with E-state index in [-0.39, 0.29) is 40.5 Å². The van der Waals surface area contributed by atoms with E-state index < -0.39 is 12.1 Å². The van der Waals surface area contributed by atoms with Gasteiger partial charge in [-0.05, 0) is 37.1 Å². The van der Waals surface area contributed by atoms with Gasteiger partial charge in [-0.3, -0.25) is 9.59 Å². The van der Waals surface area contributed by atoms with E-state index in [0.29, 0.717) is 49.4 Å². The Morgan fingerprint density at radius 1 is 1.15 bits per heavy atom. The maximum Gasteiger partial charge on any atom is 0.490 e. The number of nitrogens with one attached hydrogen (secondary N) is 3. The molecular weight excluding hydrogens is 562 g/mol. The second kappa shape index (κ2) is 14.0. The van der Waals surface area contributed by atoms with Crippen LogP contribution in [0, 0.1) is 11.7 Å². The van der Waals surface area contributed by atoms with E-state index in [1.807, 2.05) is 0 Å². The molecule has 40 heavy (non-hydrogen) atoms. The van der Waals surface area contributed by atoms with Crippen LogP contribution in [-0.4, -0.2) is 57.0 Å². The molecule has 1 aliphatic heterocycles. The number of nitrogens with zero attached hydrogens (tertiary/aromatic N) is 2. The summed E-state index contributed by atoms with van der Waals surface area (Å²) in [5.41, 5.74) is 1.32. The standard InChI is InChI=1S/C23H25ClFN5O3.C2HF3O2/c24-20-19(29-21(30-20)14-6-8-16(25)9-7-14)17(28-22(32)15-12-26-13-15)4-2-1-3-5-18(31)23-27-10-11-33-23;3-2(4,5)1(6)7/h6-11,15,17,26H,1-5,12-13H2,(H,28,32)(H,29,30);(H,6,7)/t17-;/m0./s1. The van der Waals surface area contributed by atoms with Gasteiger partial charge >= 0.3 is 12.1 Å². The Labute approximate surface area is 230 Å². The van der Waals surface area contributed by atoms with E-state index in [2.05, 4.69) is 25.6 Å². The molecule has 1 atom stereocenters. The lowest BCUT2D eigenvalue weighted by Crippen LogP contribution is -2.51. The number of hydrogen-bond donors (Lipinski definition) is 4. The smallest absolute Gasteiger partial charge is 0.475 e. The molecule has 1 aliphatic rings. The number of ketones is 1. The van der Waals surface area contributed by atoms with Gasteiger partial charge in [-0.1, -0.05) is 24.4 Å². The fourth-order valence-corrected chi connectivity index (χ4v) is 3.94. The number of amides is 1. The van der Waals surface area contributed by atoms with Crippen molar-refractivity contribution >= 4 is 29.3 Å². The number of halogens is 5. The Bertz CT molecular complexity index is 1280. The molecule has 1 saturated heterocycles. The van der Waals surface area contributed by atoms with Crippen molar-refractivity contribution < 1.29 is 41.5 Å². The van der Waals surface area contributed by atoms with Gasteiger partial charge < -0.3 is 25.1 Å². The summed E-state index contributed by atoms with van der Waals surface area (Å²) >= 11 is 6.43. The zero-order chi connectivity index (χ0) is 29.3. The number of H-pyrrole nitrogens is 1. The van der Waals surface area contributed by atoms with Crippen molar-refractivity contribution in [2.24, 2.45) is 5.92 Å². The summed E-state index contributed by atoms with van der Waals surface area (Å²) in [5, 5.41) is 13.6. The summed E-state index contributed by atoms with van der Waals surface area (Å²) in [7, 11) is 0. The number of unbranched alkanes of at least 4 members (excludes halogenated alkanes) is 2. The zero-order valence-electron chi connectivity index (χ0n) is 20.9. The Kier molecular flexibility index (Phi) is 10.8. The molecule has 3 aromatic rings. The van der Waals surface area contributed by atoms with Crippen LogP contribution in [0.15, 0.2) is 41.1 Å². The molecule has 2 aromatic heterocycles. The number of imidazole rings is 1. The highest BCUT2D eigenvalue weighted by Gasteiger charge is 2.38. The normalized spacial score (nSPS) is 14.0. The summed E-state index contributed by atoms with van der Waals surface area (Å²) in [5.74, 6) is -2.67. The number of aliphatic carboxylic acids is 1. The number of carbonyl (C=O) groups excluding carboxylic acids is 2. The van der Waals surface area contributed by atoms with Crippen LogP contribution in [0.25, 0.3) is 11.4 Å². The Hall–Kier alpha value is -3.78. The number of carbonyl (C=O) groups is 3. The van der Waals surface area contributed by atoms with Gasteiger partial charge in [0.05, 0.1) is 23.9 Å². The molecule has 4 rings (SSSR count). The van der Waals surface area contributed by atoms with Gasteiger partial charge in [0.2, 0.25) is 11.7 Å². The number of Topliss-reactive ketones (excluding diaryl/α,β-unsaturated/α-hetero) is 1. The minimum absolute atomic E-state index is 0.0354. The molecule has 1 aromatic carbocycles. The molecule has 3 heterocycles. The van der Waals surface area contributed by atoms with Crippen molar-refractivity contribution in [1.29, 1.82) is 0 Å². The van der Waals surface area contributed by atoms with Crippen LogP contribution in [0.1, 0.15) is 54.5 Å². The van der Waals surface area contributed by atoms with Gasteiger partial charge in [-0.2, -0.15) is 13.2 Å². The predicted octanol–water partition coefficient (Wildman–Crippen LogP) is 4.70. The average Bonchev–Trinajstić information content (AvgIpc) is 3.52. The lowest BCUT2D eigenvalue weighted by Gasteiger charge is -2.28. The fourth-order valence-electron chi connectivity index (χ4n) is 3.67. The molecule has 0 unspecified atom stereocenters. The summed E-state index contributed by atoms with van der Waals surface area (Å²) in [6.45, 7) is 1.30. The molecule has 0 spiro atoms. The van der Waals surface area contributed by atoms with Gasteiger partial charge in [-0.15, -0.1) is 0 Å². The third-order valence-corrected chi connectivity index (χ3v) is 6.22. The Balaban J connectivity index is 0.000000559. The fraction of sp³-hybridized carbons (Fsp3) is 0.400. The number of rotatable bonds is 11. The second-order valence-electron chi connectivity index (χ2n) is 8.88. The number of oxazole rings is 1. The van der Waals surface area contributed by atoms with Crippen molar-refractivity contribution in [3.63, 3.8) is 0 Å². The summed E-state index contributed by atoms with van der Waals surface area (Å²) in [6, 6.07) is 5.59. The van der Waals surface area contributed by atoms with Crippen LogP contribution < -0.4 is 10.6 Å². The highest BCUT2D eigenvalue weighted by molar-refractivity contribution is 6.30. The molecule has 216 valence electrons. The van der Waals surface area contributed by atoms with E-state index in [9.17, 15) is 27.2 Å². The van der Waals surface area contributed by atoms with Crippen molar-refractivity contribution in [2.45, 2.75) is 44.3 Å². The van der Waals surface area contributed by atoms with Gasteiger partial charge in [0, 0.05) is 25.1 Å². The summed E-state index contributed by atoms with van der Waals surface area (Å²) in [6.07, 6.45) is 0.980. The maximum atomic E-state index is 13.3. The minimum Gasteiger partial charge on any atom is -0.475 e. The van der Waals surface area contributed by atoms with E-state index in [0.717, 1.165) is 12.8 Å².